The first-order chi connectivity index (χ1) is 6.11. The SMILES string of the molecule is CCC1=CC(=O)C(C)C(CC)C1C. The Bertz CT molecular complexity index is 227. The lowest BCUT2D eigenvalue weighted by Crippen LogP contribution is -2.30. The summed E-state index contributed by atoms with van der Waals surface area (Å²) in [5.74, 6) is 1.73. The summed E-state index contributed by atoms with van der Waals surface area (Å²) in [6.07, 6.45) is 4.02. The fraction of sp³-hybridized carbons (Fsp3) is 0.750. The van der Waals surface area contributed by atoms with Gasteiger partial charge in [0.15, 0.2) is 5.78 Å². The summed E-state index contributed by atoms with van der Waals surface area (Å²) in [5.41, 5.74) is 1.34. The molecule has 0 spiro atoms. The highest BCUT2D eigenvalue weighted by Gasteiger charge is 2.32. The minimum atomic E-state index is 0.232. The lowest BCUT2D eigenvalue weighted by Gasteiger charge is -2.33. The topological polar surface area (TPSA) is 17.1 Å². The predicted octanol–water partition coefficient (Wildman–Crippen LogP) is 3.20. The van der Waals surface area contributed by atoms with Crippen molar-refractivity contribution in [3.63, 3.8) is 0 Å². The molecule has 0 amide bonds. The third kappa shape index (κ3) is 1.84. The molecular weight excluding hydrogens is 160 g/mol. The van der Waals surface area contributed by atoms with Crippen molar-refractivity contribution in [1.29, 1.82) is 0 Å². The average molecular weight is 180 g/mol. The van der Waals surface area contributed by atoms with Crippen LogP contribution < -0.4 is 0 Å². The molecule has 1 aliphatic rings. The lowest BCUT2D eigenvalue weighted by atomic mass is 9.71. The van der Waals surface area contributed by atoms with Gasteiger partial charge in [-0.1, -0.05) is 39.7 Å². The van der Waals surface area contributed by atoms with Gasteiger partial charge in [0.2, 0.25) is 0 Å². The number of allylic oxidation sites excluding steroid dienone is 2. The number of carbonyl (C=O) groups is 1. The predicted molar refractivity (Wildman–Crippen MR) is 55.5 cm³/mol. The normalized spacial score (nSPS) is 34.6. The zero-order chi connectivity index (χ0) is 10.0. The molecule has 0 N–H and O–H groups in total. The van der Waals surface area contributed by atoms with E-state index in [0.29, 0.717) is 17.6 Å². The number of ketones is 1. The van der Waals surface area contributed by atoms with E-state index in [-0.39, 0.29) is 5.92 Å². The van der Waals surface area contributed by atoms with E-state index < -0.39 is 0 Å². The molecule has 0 aromatic rings. The summed E-state index contributed by atoms with van der Waals surface area (Å²) in [6.45, 7) is 8.64. The molecule has 1 heteroatoms. The second-order valence-corrected chi connectivity index (χ2v) is 4.12. The van der Waals surface area contributed by atoms with E-state index in [1.54, 1.807) is 0 Å². The smallest absolute Gasteiger partial charge is 0.158 e. The van der Waals surface area contributed by atoms with Gasteiger partial charge in [0, 0.05) is 5.92 Å². The average Bonchev–Trinajstić information content (AvgIpc) is 2.12. The third-order valence-electron chi connectivity index (χ3n) is 3.53. The quantitative estimate of drug-likeness (QED) is 0.637. The van der Waals surface area contributed by atoms with Crippen molar-refractivity contribution in [2.75, 3.05) is 0 Å². The maximum atomic E-state index is 11.6. The Labute approximate surface area is 81.2 Å². The highest BCUT2D eigenvalue weighted by Crippen LogP contribution is 2.35. The first-order valence-electron chi connectivity index (χ1n) is 5.36. The molecule has 74 valence electrons. The van der Waals surface area contributed by atoms with Crippen LogP contribution in [0.3, 0.4) is 0 Å². The van der Waals surface area contributed by atoms with Gasteiger partial charge in [-0.3, -0.25) is 4.79 Å². The first-order valence-corrected chi connectivity index (χ1v) is 5.36. The molecule has 0 radical (unpaired) electrons. The summed E-state index contributed by atoms with van der Waals surface area (Å²) in [5, 5.41) is 0. The molecule has 3 unspecified atom stereocenters. The van der Waals surface area contributed by atoms with Crippen molar-refractivity contribution in [3.8, 4) is 0 Å². The van der Waals surface area contributed by atoms with Crippen molar-refractivity contribution >= 4 is 5.78 Å². The molecule has 1 aliphatic carbocycles. The molecule has 3 atom stereocenters. The second-order valence-electron chi connectivity index (χ2n) is 4.12. The molecule has 0 aromatic heterocycles. The number of rotatable bonds is 2. The van der Waals surface area contributed by atoms with E-state index in [2.05, 4.69) is 27.7 Å². The van der Waals surface area contributed by atoms with Gasteiger partial charge in [-0.05, 0) is 24.3 Å². The van der Waals surface area contributed by atoms with E-state index in [1.165, 1.54) is 5.57 Å². The van der Waals surface area contributed by atoms with E-state index in [1.807, 2.05) is 6.08 Å². The molecule has 1 nitrogen and oxygen atoms in total. The summed E-state index contributed by atoms with van der Waals surface area (Å²) in [7, 11) is 0. The Morgan fingerprint density at radius 3 is 2.31 bits per heavy atom. The molecule has 0 aromatic carbocycles. The molecule has 13 heavy (non-hydrogen) atoms. The van der Waals surface area contributed by atoms with Gasteiger partial charge in [-0.2, -0.15) is 0 Å². The summed E-state index contributed by atoms with van der Waals surface area (Å²) < 4.78 is 0. The van der Waals surface area contributed by atoms with E-state index in [0.717, 1.165) is 12.8 Å². The number of carbonyl (C=O) groups excluding carboxylic acids is 1. The van der Waals surface area contributed by atoms with Crippen LogP contribution in [0.1, 0.15) is 40.5 Å². The highest BCUT2D eigenvalue weighted by atomic mass is 16.1. The van der Waals surface area contributed by atoms with E-state index >= 15 is 0 Å². The molecule has 0 aliphatic heterocycles. The minimum absolute atomic E-state index is 0.232. The summed E-state index contributed by atoms with van der Waals surface area (Å²) in [4.78, 5) is 11.6. The van der Waals surface area contributed by atoms with Gasteiger partial charge >= 0.3 is 0 Å². The molecule has 1 rings (SSSR count). The van der Waals surface area contributed by atoms with Crippen LogP contribution in [0, 0.1) is 17.8 Å². The lowest BCUT2D eigenvalue weighted by molar-refractivity contribution is -0.120. The molecule has 0 heterocycles. The van der Waals surface area contributed by atoms with Crippen LogP contribution in [0.15, 0.2) is 11.6 Å². The molecule has 0 saturated heterocycles. The van der Waals surface area contributed by atoms with Crippen LogP contribution in [0.4, 0.5) is 0 Å². The van der Waals surface area contributed by atoms with Gasteiger partial charge in [0.25, 0.3) is 0 Å². The van der Waals surface area contributed by atoms with Crippen LogP contribution in [0.5, 0.6) is 0 Å². The highest BCUT2D eigenvalue weighted by molar-refractivity contribution is 5.93. The van der Waals surface area contributed by atoms with Crippen LogP contribution in [0.25, 0.3) is 0 Å². The summed E-state index contributed by atoms with van der Waals surface area (Å²) >= 11 is 0. The van der Waals surface area contributed by atoms with Gasteiger partial charge in [0.1, 0.15) is 0 Å². The Morgan fingerprint density at radius 2 is 1.85 bits per heavy atom. The monoisotopic (exact) mass is 180 g/mol. The van der Waals surface area contributed by atoms with Crippen molar-refractivity contribution in [1.82, 2.24) is 0 Å². The largest absolute Gasteiger partial charge is 0.295 e. The van der Waals surface area contributed by atoms with Crippen molar-refractivity contribution in [2.45, 2.75) is 40.5 Å². The molecule has 0 fully saturated rings. The molecule has 0 bridgehead atoms. The number of hydrogen-bond acceptors (Lipinski definition) is 1. The Kier molecular flexibility index (Phi) is 3.29. The van der Waals surface area contributed by atoms with E-state index in [9.17, 15) is 4.79 Å². The second kappa shape index (κ2) is 4.08. The van der Waals surface area contributed by atoms with Gasteiger partial charge in [-0.25, -0.2) is 0 Å². The van der Waals surface area contributed by atoms with Crippen LogP contribution >= 0.6 is 0 Å². The maximum Gasteiger partial charge on any atom is 0.158 e. The number of hydrogen-bond donors (Lipinski definition) is 0. The Hall–Kier alpha value is -0.590. The van der Waals surface area contributed by atoms with Crippen LogP contribution in [-0.4, -0.2) is 5.78 Å². The molecule has 0 saturated carbocycles. The van der Waals surface area contributed by atoms with Gasteiger partial charge in [0.05, 0.1) is 0 Å². The standard InChI is InChI=1S/C12H20O/c1-5-10-7-12(13)9(4)11(6-2)8(10)3/h7-9,11H,5-6H2,1-4H3. The summed E-state index contributed by atoms with van der Waals surface area (Å²) in [6, 6.07) is 0. The van der Waals surface area contributed by atoms with Crippen molar-refractivity contribution < 1.29 is 4.79 Å². The minimum Gasteiger partial charge on any atom is -0.295 e. The van der Waals surface area contributed by atoms with Crippen molar-refractivity contribution in [3.05, 3.63) is 11.6 Å². The zero-order valence-corrected chi connectivity index (χ0v) is 9.13. The van der Waals surface area contributed by atoms with E-state index in [4.69, 9.17) is 0 Å². The fourth-order valence-corrected chi connectivity index (χ4v) is 2.50. The first kappa shape index (κ1) is 10.5. The van der Waals surface area contributed by atoms with Crippen LogP contribution in [-0.2, 0) is 4.79 Å². The Morgan fingerprint density at radius 1 is 1.23 bits per heavy atom. The van der Waals surface area contributed by atoms with Gasteiger partial charge < -0.3 is 0 Å². The van der Waals surface area contributed by atoms with Crippen molar-refractivity contribution in [2.24, 2.45) is 17.8 Å². The van der Waals surface area contributed by atoms with Gasteiger partial charge in [-0.15, -0.1) is 0 Å². The zero-order valence-electron chi connectivity index (χ0n) is 9.13. The maximum absolute atomic E-state index is 11.6. The van der Waals surface area contributed by atoms with Crippen LogP contribution in [0.2, 0.25) is 0 Å². The fourth-order valence-electron chi connectivity index (χ4n) is 2.50. The third-order valence-corrected chi connectivity index (χ3v) is 3.53. The molecular formula is C12H20O. The Balaban J connectivity index is 2.92.